The second-order valence-electron chi connectivity index (χ2n) is 31.1. The smallest absolute Gasteiger partial charge is 0.335 e. The van der Waals surface area contributed by atoms with Gasteiger partial charge in [0.25, 0.3) is 0 Å². The Bertz CT molecular complexity index is 3060. The number of rotatable bonds is 16. The number of carbonyl (C=O) groups is 4. The van der Waals surface area contributed by atoms with E-state index in [1.807, 2.05) is 32.9 Å². The first kappa shape index (κ1) is 75.1. The summed E-state index contributed by atoms with van der Waals surface area (Å²) in [7, 11) is 0. The number of hydrogen-bond donors (Lipinski definition) is 14. The summed E-state index contributed by atoms with van der Waals surface area (Å²) in [6.45, 7) is 15.7. The predicted octanol–water partition coefficient (Wildman–Crippen LogP) is -0.990. The van der Waals surface area contributed by atoms with E-state index in [-0.39, 0.29) is 37.0 Å². The van der Waals surface area contributed by atoms with E-state index >= 15 is 4.79 Å². The summed E-state index contributed by atoms with van der Waals surface area (Å²) < 4.78 is 66.5. The van der Waals surface area contributed by atoms with E-state index in [0.717, 1.165) is 11.8 Å². The molecule has 550 valence electrons. The van der Waals surface area contributed by atoms with Gasteiger partial charge >= 0.3 is 17.9 Å². The number of carbonyl (C=O) groups excluding carboxylic acids is 3. The van der Waals surface area contributed by atoms with Crippen LogP contribution in [-0.4, -0.2) is 269 Å². The third-order valence-electron chi connectivity index (χ3n) is 24.5. The Morgan fingerprint density at radius 2 is 1.22 bits per heavy atom. The van der Waals surface area contributed by atoms with Crippen LogP contribution >= 0.6 is 0 Å². The topological polar surface area (TPSA) is 453 Å². The number of ether oxygens (including phenoxy) is 11. The maximum Gasteiger partial charge on any atom is 0.335 e. The van der Waals surface area contributed by atoms with Gasteiger partial charge in [0.2, 0.25) is 6.29 Å². The third-order valence-corrected chi connectivity index (χ3v) is 24.5. The van der Waals surface area contributed by atoms with E-state index in [1.165, 1.54) is 26.0 Å². The van der Waals surface area contributed by atoms with Crippen LogP contribution in [-0.2, 0) is 71.3 Å². The summed E-state index contributed by atoms with van der Waals surface area (Å²) in [5, 5.41) is 154. The van der Waals surface area contributed by atoms with E-state index in [1.54, 1.807) is 19.1 Å². The van der Waals surface area contributed by atoms with Crippen LogP contribution in [0.15, 0.2) is 42.5 Å². The minimum Gasteiger partial charge on any atom is -0.479 e. The molecule has 5 heterocycles. The van der Waals surface area contributed by atoms with Gasteiger partial charge in [0.05, 0.1) is 49.0 Å². The zero-order valence-corrected chi connectivity index (χ0v) is 56.4. The molecule has 4 saturated carbocycles. The van der Waals surface area contributed by atoms with Gasteiger partial charge in [-0.1, -0.05) is 83.5 Å². The fraction of sp³-hybridized carbons (Fsp3) is 0.797. The second kappa shape index (κ2) is 28.5. The van der Waals surface area contributed by atoms with E-state index < -0.39 is 236 Å². The van der Waals surface area contributed by atoms with Gasteiger partial charge in [-0.15, -0.1) is 0 Å². The summed E-state index contributed by atoms with van der Waals surface area (Å²) in [5.41, 5.74) is -2.12. The van der Waals surface area contributed by atoms with E-state index in [4.69, 9.17) is 52.1 Å². The molecule has 0 spiro atoms. The maximum absolute atomic E-state index is 15.3. The molecule has 29 heteroatoms. The van der Waals surface area contributed by atoms with Crippen molar-refractivity contribution in [3.63, 3.8) is 0 Å². The van der Waals surface area contributed by atoms with Crippen molar-refractivity contribution < 1.29 is 143 Å². The molecule has 5 aliphatic carbocycles. The normalized spacial score (nSPS) is 50.8. The number of aldehydes is 1. The molecule has 0 amide bonds. The van der Waals surface area contributed by atoms with Crippen molar-refractivity contribution in [3.8, 4) is 0 Å². The molecule has 0 radical (unpaired) electrons. The molecule has 11 rings (SSSR count). The highest BCUT2D eigenvalue weighted by molar-refractivity contribution is 5.87. The first-order chi connectivity index (χ1) is 46.0. The minimum absolute atomic E-state index is 0.129. The summed E-state index contributed by atoms with van der Waals surface area (Å²) >= 11 is 0. The molecule has 0 bridgehead atoms. The summed E-state index contributed by atoms with van der Waals surface area (Å²) in [6.07, 6.45) is -34.2. The SMILES string of the molecule is Cc1ccc(/C=C/C(=O)OC2C(C)OC(OC(=O)[C@@H]3CC(C)(C)C[C@@H]4C3[C@H](O)C[C@]3(C)C4C=C[C@@H]4[C@@]5(C)CC[C@H](OC6OC(C(=O)O)C(O)C(OC7OCC(O)C(O)C7O)C6OC6OC(CO)C(O)C(O)C6O)[C@@](C)(C=O)[C@@H]5CC[C@]43C)C(OC3OC(C)C(O)C(O)C3O)C2O)cc1. The van der Waals surface area contributed by atoms with Crippen LogP contribution in [0.1, 0.15) is 111 Å². The molecule has 0 aromatic heterocycles. The zero-order chi connectivity index (χ0) is 71.4. The van der Waals surface area contributed by atoms with E-state index in [0.29, 0.717) is 31.2 Å². The molecule has 29 nitrogen and oxygen atoms in total. The predicted molar refractivity (Wildman–Crippen MR) is 333 cm³/mol. The largest absolute Gasteiger partial charge is 0.479 e. The molecule has 1 aromatic carbocycles. The minimum atomic E-state index is -2.20. The number of fused-ring (bicyclic) bond motifs is 7. The van der Waals surface area contributed by atoms with Crippen LogP contribution in [0.4, 0.5) is 0 Å². The Hall–Kier alpha value is -4.10. The van der Waals surface area contributed by atoms with Gasteiger partial charge in [0.1, 0.15) is 91.7 Å². The Kier molecular flexibility index (Phi) is 21.8. The molecular formula is C69H100O29. The maximum atomic E-state index is 15.3. The lowest BCUT2D eigenvalue weighted by Gasteiger charge is -2.71. The standard InChI is InChI=1S/C69H100O29/c1-28-10-12-31(13-11-28)14-17-41(74)93-53-30(3)90-63(56(51(53)83)96-61-49(81)46(78)43(75)29(2)89-61)98-59(87)33-23-65(4,5)22-32-34-15-16-39-66(6)20-19-40(67(7,27-71)38(66)18-21-68(39,8)69(34,9)24-35(72)42(32)33)92-64-57(97-62-50(82)47(79)45(77)37(25-70)91-62)54(52(84)55(95-64)58(85)86)94-60-48(80)44(76)36(73)26-88-60/h10-17,27,29-30,32-40,42-57,60-64,70,72-73,75-84H,18-26H2,1-9H3,(H,85,86)/b17-14+/t29?,30?,32-,33+,34?,35+,36?,37?,38+,39+,40-,42?,43?,44?,45?,46?,47?,48?,49?,50?,51?,52?,53?,54?,55?,56?,57?,60?,61?,62?,63?,64?,66-,67-,68+,69+/m0/s1. The van der Waals surface area contributed by atoms with Crippen molar-refractivity contribution in [2.24, 2.45) is 62.6 Å². The van der Waals surface area contributed by atoms with Crippen LogP contribution in [0, 0.1) is 69.5 Å². The summed E-state index contributed by atoms with van der Waals surface area (Å²) in [5.74, 6) is -6.20. The highest BCUT2D eigenvalue weighted by Crippen LogP contribution is 2.75. The van der Waals surface area contributed by atoms with Gasteiger partial charge < -0.3 is 128 Å². The van der Waals surface area contributed by atoms with E-state index in [2.05, 4.69) is 32.9 Å². The molecule has 26 unspecified atom stereocenters. The van der Waals surface area contributed by atoms with Crippen molar-refractivity contribution in [3.05, 3.63) is 53.6 Å². The van der Waals surface area contributed by atoms with Crippen molar-refractivity contribution in [2.45, 2.75) is 267 Å². The van der Waals surface area contributed by atoms with Crippen LogP contribution in [0.3, 0.4) is 0 Å². The van der Waals surface area contributed by atoms with Gasteiger partial charge in [-0.25, -0.2) is 9.59 Å². The lowest BCUT2D eigenvalue weighted by molar-refractivity contribution is -0.391. The van der Waals surface area contributed by atoms with Crippen LogP contribution in [0.2, 0.25) is 0 Å². The van der Waals surface area contributed by atoms with Gasteiger partial charge in [0, 0.05) is 12.0 Å². The average Bonchev–Trinajstić information content (AvgIpc) is 0.677. The fourth-order valence-corrected chi connectivity index (χ4v) is 19.0. The number of carboxylic acids is 1. The number of esters is 2. The average molecular weight is 1390 g/mol. The first-order valence-electron chi connectivity index (χ1n) is 34.2. The van der Waals surface area contributed by atoms with Crippen molar-refractivity contribution in [1.29, 1.82) is 0 Å². The molecular weight excluding hydrogens is 1290 g/mol. The number of aliphatic hydroxyl groups is 13. The van der Waals surface area contributed by atoms with Gasteiger partial charge in [-0.05, 0) is 123 Å². The summed E-state index contributed by atoms with van der Waals surface area (Å²) in [6, 6.07) is 7.34. The molecule has 36 atom stereocenters. The highest BCUT2D eigenvalue weighted by Gasteiger charge is 2.71. The van der Waals surface area contributed by atoms with E-state index in [9.17, 15) is 85.9 Å². The van der Waals surface area contributed by atoms with Crippen LogP contribution < -0.4 is 0 Å². The molecule has 1 aromatic rings. The molecule has 9 fully saturated rings. The fourth-order valence-electron chi connectivity index (χ4n) is 19.0. The lowest BCUT2D eigenvalue weighted by atomic mass is 9.33. The second-order valence-corrected chi connectivity index (χ2v) is 31.1. The quantitative estimate of drug-likeness (QED) is 0.0311. The van der Waals surface area contributed by atoms with Crippen LogP contribution in [0.5, 0.6) is 0 Å². The number of aliphatic carboxylic acids is 1. The number of hydrogen-bond acceptors (Lipinski definition) is 28. The number of aliphatic hydroxyl groups excluding tert-OH is 13. The van der Waals surface area contributed by atoms with Crippen molar-refractivity contribution >= 4 is 30.3 Å². The number of aryl methyl sites for hydroxylation is 1. The molecule has 98 heavy (non-hydrogen) atoms. The Balaban J connectivity index is 0.849. The molecule has 5 aliphatic heterocycles. The molecule has 10 aliphatic rings. The third kappa shape index (κ3) is 13.4. The number of carboxylic acid groups (broad SMARTS) is 1. The first-order valence-corrected chi connectivity index (χ1v) is 34.2. The highest BCUT2D eigenvalue weighted by atomic mass is 16.8. The van der Waals surface area contributed by atoms with Crippen LogP contribution in [0.25, 0.3) is 6.08 Å². The zero-order valence-electron chi connectivity index (χ0n) is 56.4. The Morgan fingerprint density at radius 1 is 0.592 bits per heavy atom. The molecule has 5 saturated heterocycles. The van der Waals surface area contributed by atoms with Gasteiger partial charge in [-0.2, -0.15) is 0 Å². The number of benzene rings is 1. The van der Waals surface area contributed by atoms with Crippen molar-refractivity contribution in [2.75, 3.05) is 13.2 Å². The number of allylic oxidation sites excluding steroid dienone is 2. The van der Waals surface area contributed by atoms with Gasteiger partial charge in [0.15, 0.2) is 43.5 Å². The van der Waals surface area contributed by atoms with Gasteiger partial charge in [-0.3, -0.25) is 4.79 Å². The Morgan fingerprint density at radius 3 is 1.89 bits per heavy atom. The van der Waals surface area contributed by atoms with Crippen molar-refractivity contribution in [1.82, 2.24) is 0 Å². The monoisotopic (exact) mass is 1390 g/mol. The molecule has 14 N–H and O–H groups in total. The Labute approximate surface area is 567 Å². The lowest BCUT2D eigenvalue weighted by Crippen LogP contribution is -2.69. The summed E-state index contributed by atoms with van der Waals surface area (Å²) in [4.78, 5) is 55.8.